The normalized spacial score (nSPS) is 17.3. The van der Waals surface area contributed by atoms with E-state index in [4.69, 9.17) is 4.74 Å². The van der Waals surface area contributed by atoms with E-state index in [1.165, 1.54) is 10.8 Å². The topological polar surface area (TPSA) is 29.4 Å². The molecule has 0 unspecified atom stereocenters. The minimum Gasteiger partial charge on any atom is -0.383 e. The summed E-state index contributed by atoms with van der Waals surface area (Å²) in [6, 6.07) is 7.59. The van der Waals surface area contributed by atoms with E-state index < -0.39 is 12.7 Å². The average Bonchev–Trinajstić information content (AvgIpc) is 2.96. The number of alkyl halides is 3. The maximum Gasteiger partial charge on any atom is 0.406 e. The largest absolute Gasteiger partial charge is 0.406 e. The fourth-order valence-electron chi connectivity index (χ4n) is 3.42. The zero-order valence-corrected chi connectivity index (χ0v) is 14.4. The molecular weight excluding hydrogens is 331 g/mol. The van der Waals surface area contributed by atoms with Crippen molar-refractivity contribution in [2.75, 3.05) is 38.7 Å². The van der Waals surface area contributed by atoms with Gasteiger partial charge in [-0.15, -0.1) is 0 Å². The van der Waals surface area contributed by atoms with Crippen molar-refractivity contribution in [1.29, 1.82) is 0 Å². The van der Waals surface area contributed by atoms with Gasteiger partial charge in [0, 0.05) is 50.1 Å². The third-order valence-corrected chi connectivity index (χ3v) is 4.72. The molecule has 0 radical (unpaired) electrons. The molecule has 1 fully saturated rings. The number of nitrogens with zero attached hydrogens (tertiary/aromatic N) is 2. The Kier molecular flexibility index (Phi) is 5.54. The second-order valence-corrected chi connectivity index (χ2v) is 6.55. The quantitative estimate of drug-likeness (QED) is 0.856. The maximum atomic E-state index is 12.7. The molecule has 1 N–H and O–H groups in total. The Morgan fingerprint density at radius 1 is 1.20 bits per heavy atom. The minimum absolute atomic E-state index is 0.343. The molecule has 1 aliphatic heterocycles. The Bertz CT molecular complexity index is 690. The van der Waals surface area contributed by atoms with Crippen LogP contribution in [-0.4, -0.2) is 55.0 Å². The number of nitrogens with one attached hydrogen (secondary N) is 1. The van der Waals surface area contributed by atoms with Gasteiger partial charge < -0.3 is 19.5 Å². The number of piperidine rings is 1. The molecule has 1 aromatic heterocycles. The van der Waals surface area contributed by atoms with Crippen molar-refractivity contribution in [3.05, 3.63) is 30.5 Å². The van der Waals surface area contributed by atoms with Crippen LogP contribution in [0.5, 0.6) is 0 Å². The second kappa shape index (κ2) is 7.66. The van der Waals surface area contributed by atoms with Gasteiger partial charge in [-0.25, -0.2) is 0 Å². The van der Waals surface area contributed by atoms with Gasteiger partial charge in [0.1, 0.15) is 6.54 Å². The lowest BCUT2D eigenvalue weighted by molar-refractivity contribution is -0.139. The lowest BCUT2D eigenvalue weighted by atomic mass is 10.0. The monoisotopic (exact) mass is 355 g/mol. The third kappa shape index (κ3) is 4.67. The Morgan fingerprint density at radius 3 is 2.64 bits per heavy atom. The molecule has 0 amide bonds. The highest BCUT2D eigenvalue weighted by Crippen LogP contribution is 2.29. The number of halogens is 3. The molecule has 0 atom stereocenters. The van der Waals surface area contributed by atoms with Crippen LogP contribution >= 0.6 is 0 Å². The molecule has 0 spiro atoms. The summed E-state index contributed by atoms with van der Waals surface area (Å²) in [6.07, 6.45) is -0.673. The van der Waals surface area contributed by atoms with E-state index in [9.17, 15) is 13.2 Å². The van der Waals surface area contributed by atoms with Gasteiger partial charge in [-0.2, -0.15) is 13.2 Å². The number of benzene rings is 1. The summed E-state index contributed by atoms with van der Waals surface area (Å²) in [4.78, 5) is 2.38. The van der Waals surface area contributed by atoms with Crippen LogP contribution in [0, 0.1) is 0 Å². The summed E-state index contributed by atoms with van der Waals surface area (Å²) in [5, 5.41) is 4.37. The van der Waals surface area contributed by atoms with Crippen LogP contribution in [0.15, 0.2) is 30.5 Å². The average molecular weight is 355 g/mol. The summed E-state index contributed by atoms with van der Waals surface area (Å²) in [6.45, 7) is 2.74. The number of ether oxygens (including phenoxy) is 1. The fourth-order valence-corrected chi connectivity index (χ4v) is 3.42. The van der Waals surface area contributed by atoms with Gasteiger partial charge in [-0.05, 0) is 31.0 Å². The molecule has 4 nitrogen and oxygen atoms in total. The van der Waals surface area contributed by atoms with E-state index in [1.807, 2.05) is 12.1 Å². The van der Waals surface area contributed by atoms with Crippen molar-refractivity contribution in [2.24, 2.45) is 0 Å². The number of rotatable bonds is 6. The van der Waals surface area contributed by atoms with Crippen LogP contribution in [0.25, 0.3) is 10.9 Å². The van der Waals surface area contributed by atoms with Gasteiger partial charge in [0.15, 0.2) is 0 Å². The first kappa shape index (κ1) is 18.1. The molecule has 0 aliphatic carbocycles. The molecule has 2 heterocycles. The van der Waals surface area contributed by atoms with Crippen molar-refractivity contribution in [1.82, 2.24) is 9.47 Å². The summed E-state index contributed by atoms with van der Waals surface area (Å²) < 4.78 is 44.5. The summed E-state index contributed by atoms with van der Waals surface area (Å²) >= 11 is 0. The molecule has 138 valence electrons. The first-order valence-electron chi connectivity index (χ1n) is 8.59. The highest BCUT2D eigenvalue weighted by atomic mass is 19.4. The van der Waals surface area contributed by atoms with Gasteiger partial charge in [-0.1, -0.05) is 6.07 Å². The minimum atomic E-state index is -4.22. The van der Waals surface area contributed by atoms with E-state index >= 15 is 0 Å². The molecule has 0 bridgehead atoms. The van der Waals surface area contributed by atoms with Crippen LogP contribution in [0.2, 0.25) is 0 Å². The second-order valence-electron chi connectivity index (χ2n) is 6.55. The molecular formula is C18H24F3N3O. The van der Waals surface area contributed by atoms with E-state index in [2.05, 4.69) is 10.2 Å². The molecule has 0 saturated carbocycles. The SMILES string of the molecule is COCCN1CCC(Nc2cccc3c2ccn3CC(F)(F)F)CC1. The van der Waals surface area contributed by atoms with Crippen LogP contribution < -0.4 is 5.32 Å². The smallest absolute Gasteiger partial charge is 0.383 e. The standard InChI is InChI=1S/C18H24F3N3O/c1-25-12-11-23-8-5-14(6-9-23)22-16-3-2-4-17-15(16)7-10-24(17)13-18(19,20)21/h2-4,7,10,14,22H,5-6,8-9,11-13H2,1H3. The molecule has 1 aromatic carbocycles. The van der Waals surface area contributed by atoms with Gasteiger partial charge in [0.05, 0.1) is 12.1 Å². The number of hydrogen-bond acceptors (Lipinski definition) is 3. The van der Waals surface area contributed by atoms with Crippen molar-refractivity contribution < 1.29 is 17.9 Å². The van der Waals surface area contributed by atoms with E-state index in [1.54, 1.807) is 19.2 Å². The van der Waals surface area contributed by atoms with Crippen LogP contribution in [0.3, 0.4) is 0 Å². The maximum absolute atomic E-state index is 12.7. The molecule has 1 aliphatic rings. The molecule has 1 saturated heterocycles. The fraction of sp³-hybridized carbons (Fsp3) is 0.556. The molecule has 25 heavy (non-hydrogen) atoms. The number of anilines is 1. The molecule has 2 aromatic rings. The first-order chi connectivity index (χ1) is 12.0. The van der Waals surface area contributed by atoms with Crippen LogP contribution in [0.1, 0.15) is 12.8 Å². The molecule has 7 heteroatoms. The van der Waals surface area contributed by atoms with Crippen LogP contribution in [0.4, 0.5) is 18.9 Å². The van der Waals surface area contributed by atoms with Crippen molar-refractivity contribution in [3.63, 3.8) is 0 Å². The summed E-state index contributed by atoms with van der Waals surface area (Å²) in [5.74, 6) is 0. The lowest BCUT2D eigenvalue weighted by Crippen LogP contribution is -2.40. The van der Waals surface area contributed by atoms with Gasteiger partial charge in [0.2, 0.25) is 0 Å². The number of hydrogen-bond donors (Lipinski definition) is 1. The Balaban J connectivity index is 1.66. The van der Waals surface area contributed by atoms with Gasteiger partial charge in [-0.3, -0.25) is 0 Å². The summed E-state index contributed by atoms with van der Waals surface area (Å²) in [7, 11) is 1.71. The van der Waals surface area contributed by atoms with Crippen molar-refractivity contribution >= 4 is 16.6 Å². The van der Waals surface area contributed by atoms with E-state index in [0.29, 0.717) is 11.6 Å². The first-order valence-corrected chi connectivity index (χ1v) is 8.59. The third-order valence-electron chi connectivity index (χ3n) is 4.72. The summed E-state index contributed by atoms with van der Waals surface area (Å²) in [5.41, 5.74) is 1.52. The van der Waals surface area contributed by atoms with Crippen LogP contribution in [-0.2, 0) is 11.3 Å². The van der Waals surface area contributed by atoms with Gasteiger partial charge in [0.25, 0.3) is 0 Å². The van der Waals surface area contributed by atoms with Gasteiger partial charge >= 0.3 is 6.18 Å². The zero-order valence-electron chi connectivity index (χ0n) is 14.4. The van der Waals surface area contributed by atoms with Crippen molar-refractivity contribution in [3.8, 4) is 0 Å². The molecule has 3 rings (SSSR count). The Labute approximate surface area is 145 Å². The van der Waals surface area contributed by atoms with Crippen molar-refractivity contribution in [2.45, 2.75) is 31.6 Å². The predicted octanol–water partition coefficient (Wildman–Crippen LogP) is 3.73. The zero-order chi connectivity index (χ0) is 17.9. The Morgan fingerprint density at radius 2 is 1.96 bits per heavy atom. The Hall–Kier alpha value is -1.73. The number of methoxy groups -OCH3 is 1. The lowest BCUT2D eigenvalue weighted by Gasteiger charge is -2.32. The number of aromatic nitrogens is 1. The number of fused-ring (bicyclic) bond motifs is 1. The highest BCUT2D eigenvalue weighted by Gasteiger charge is 2.28. The van der Waals surface area contributed by atoms with E-state index in [0.717, 1.165) is 50.2 Å². The highest BCUT2D eigenvalue weighted by molar-refractivity contribution is 5.92. The predicted molar refractivity (Wildman–Crippen MR) is 93.0 cm³/mol. The van der Waals surface area contributed by atoms with E-state index in [-0.39, 0.29) is 0 Å². The number of likely N-dealkylation sites (tertiary alicyclic amines) is 1.